The molecule has 0 radical (unpaired) electrons. The van der Waals surface area contributed by atoms with Crippen LogP contribution in [0.15, 0.2) is 42.5 Å². The Morgan fingerprint density at radius 2 is 1.94 bits per heavy atom. The number of methoxy groups -OCH3 is 1. The van der Waals surface area contributed by atoms with Crippen molar-refractivity contribution in [2.45, 2.75) is 12.5 Å². The monoisotopic (exact) mass is 243 g/mol. The zero-order chi connectivity index (χ0) is 13.0. The molecule has 0 fully saturated rings. The fraction of sp³-hybridized carbons (Fsp3) is 0.267. The molecule has 0 saturated carbocycles. The number of carbonyl (C=O) groups excluding carboxylic acids is 1. The van der Waals surface area contributed by atoms with Crippen LogP contribution in [0.1, 0.15) is 18.0 Å². The minimum atomic E-state index is -0.206. The third-order valence-corrected chi connectivity index (χ3v) is 3.15. The van der Waals surface area contributed by atoms with Gasteiger partial charge in [-0.2, -0.15) is 0 Å². The summed E-state index contributed by atoms with van der Waals surface area (Å²) >= 11 is 0. The lowest BCUT2D eigenvalue weighted by molar-refractivity contribution is -0.141. The first kappa shape index (κ1) is 12.6. The van der Waals surface area contributed by atoms with Gasteiger partial charge in [0.1, 0.15) is 0 Å². The lowest BCUT2D eigenvalue weighted by Crippen LogP contribution is -2.20. The molecule has 0 saturated heterocycles. The van der Waals surface area contributed by atoms with E-state index < -0.39 is 0 Å². The summed E-state index contributed by atoms with van der Waals surface area (Å²) in [5.41, 5.74) is 1.13. The molecular weight excluding hydrogens is 226 g/mol. The lowest BCUT2D eigenvalue weighted by Gasteiger charge is -2.17. The fourth-order valence-electron chi connectivity index (χ4n) is 2.17. The van der Waals surface area contributed by atoms with E-state index in [1.54, 1.807) is 0 Å². The van der Waals surface area contributed by atoms with Crippen molar-refractivity contribution >= 4 is 16.7 Å². The molecule has 0 heterocycles. The third kappa shape index (κ3) is 2.51. The van der Waals surface area contributed by atoms with Crippen molar-refractivity contribution in [1.29, 1.82) is 0 Å². The van der Waals surface area contributed by atoms with Gasteiger partial charge in [-0.1, -0.05) is 42.5 Å². The molecule has 3 nitrogen and oxygen atoms in total. The molecule has 0 aliphatic carbocycles. The van der Waals surface area contributed by atoms with Gasteiger partial charge in [0.25, 0.3) is 0 Å². The SMILES string of the molecule is CNC(CC(=O)OC)c1cccc2ccccc12. The number of carbonyl (C=O) groups is 1. The van der Waals surface area contributed by atoms with Gasteiger partial charge < -0.3 is 10.1 Å². The molecular formula is C15H17NO2. The van der Waals surface area contributed by atoms with Crippen LogP contribution in [-0.2, 0) is 9.53 Å². The Bertz CT molecular complexity index is 546. The minimum Gasteiger partial charge on any atom is -0.469 e. The molecule has 2 rings (SSSR count). The Kier molecular flexibility index (Phi) is 3.95. The van der Waals surface area contributed by atoms with Crippen LogP contribution in [-0.4, -0.2) is 20.1 Å². The Labute approximate surface area is 107 Å². The predicted molar refractivity (Wildman–Crippen MR) is 72.4 cm³/mol. The minimum absolute atomic E-state index is 0.0245. The van der Waals surface area contributed by atoms with Gasteiger partial charge in [-0.25, -0.2) is 0 Å². The fourth-order valence-corrected chi connectivity index (χ4v) is 2.17. The molecule has 94 valence electrons. The standard InChI is InChI=1S/C15H17NO2/c1-16-14(10-15(17)18-2)13-9-5-7-11-6-3-4-8-12(11)13/h3-9,14,16H,10H2,1-2H3. The molecule has 0 aliphatic heterocycles. The molecule has 1 atom stereocenters. The highest BCUT2D eigenvalue weighted by molar-refractivity contribution is 5.86. The molecule has 0 aliphatic rings. The second-order valence-corrected chi connectivity index (χ2v) is 4.19. The maximum atomic E-state index is 11.4. The van der Waals surface area contributed by atoms with Crippen LogP contribution in [0.25, 0.3) is 10.8 Å². The average molecular weight is 243 g/mol. The number of ether oxygens (including phenoxy) is 1. The van der Waals surface area contributed by atoms with Crippen molar-refractivity contribution < 1.29 is 9.53 Å². The molecule has 0 aromatic heterocycles. The first-order valence-corrected chi connectivity index (χ1v) is 5.98. The second kappa shape index (κ2) is 5.65. The number of nitrogens with one attached hydrogen (secondary N) is 1. The van der Waals surface area contributed by atoms with Crippen LogP contribution in [0, 0.1) is 0 Å². The Morgan fingerprint density at radius 1 is 1.22 bits per heavy atom. The Morgan fingerprint density at radius 3 is 2.67 bits per heavy atom. The van der Waals surface area contributed by atoms with Gasteiger partial charge in [-0.05, 0) is 23.4 Å². The summed E-state index contributed by atoms with van der Waals surface area (Å²) in [6.07, 6.45) is 0.334. The van der Waals surface area contributed by atoms with E-state index in [1.807, 2.05) is 31.3 Å². The maximum absolute atomic E-state index is 11.4. The number of benzene rings is 2. The summed E-state index contributed by atoms with van der Waals surface area (Å²) in [4.78, 5) is 11.4. The first-order valence-electron chi connectivity index (χ1n) is 5.98. The van der Waals surface area contributed by atoms with Crippen molar-refractivity contribution in [3.63, 3.8) is 0 Å². The summed E-state index contributed by atoms with van der Waals surface area (Å²) in [6.45, 7) is 0. The predicted octanol–water partition coefficient (Wildman–Crippen LogP) is 2.66. The molecule has 2 aromatic carbocycles. The van der Waals surface area contributed by atoms with E-state index in [4.69, 9.17) is 4.74 Å². The van der Waals surface area contributed by atoms with E-state index in [9.17, 15) is 4.79 Å². The van der Waals surface area contributed by atoms with Crippen LogP contribution in [0.3, 0.4) is 0 Å². The zero-order valence-electron chi connectivity index (χ0n) is 10.6. The largest absolute Gasteiger partial charge is 0.469 e. The van der Waals surface area contributed by atoms with E-state index in [0.29, 0.717) is 6.42 Å². The molecule has 18 heavy (non-hydrogen) atoms. The number of esters is 1. The van der Waals surface area contributed by atoms with Gasteiger partial charge in [0.05, 0.1) is 13.5 Å². The van der Waals surface area contributed by atoms with E-state index in [0.717, 1.165) is 5.56 Å². The van der Waals surface area contributed by atoms with E-state index >= 15 is 0 Å². The van der Waals surface area contributed by atoms with Crippen molar-refractivity contribution in [3.05, 3.63) is 48.0 Å². The van der Waals surface area contributed by atoms with Gasteiger partial charge >= 0.3 is 5.97 Å². The van der Waals surface area contributed by atoms with E-state index in [1.165, 1.54) is 17.9 Å². The molecule has 0 amide bonds. The highest BCUT2D eigenvalue weighted by Gasteiger charge is 2.16. The quantitative estimate of drug-likeness (QED) is 0.839. The highest BCUT2D eigenvalue weighted by Crippen LogP contribution is 2.26. The molecule has 2 aromatic rings. The normalized spacial score (nSPS) is 12.3. The average Bonchev–Trinajstić information content (AvgIpc) is 2.44. The third-order valence-electron chi connectivity index (χ3n) is 3.15. The van der Waals surface area contributed by atoms with Gasteiger partial charge in [0, 0.05) is 6.04 Å². The van der Waals surface area contributed by atoms with Crippen LogP contribution >= 0.6 is 0 Å². The van der Waals surface area contributed by atoms with Crippen LogP contribution in [0.4, 0.5) is 0 Å². The Hall–Kier alpha value is -1.87. The molecule has 1 unspecified atom stereocenters. The summed E-state index contributed by atoms with van der Waals surface area (Å²) in [7, 11) is 3.27. The van der Waals surface area contributed by atoms with Crippen molar-refractivity contribution in [2.75, 3.05) is 14.2 Å². The molecule has 0 bridgehead atoms. The van der Waals surface area contributed by atoms with Crippen molar-refractivity contribution in [1.82, 2.24) is 5.32 Å². The van der Waals surface area contributed by atoms with Gasteiger partial charge in [-0.3, -0.25) is 4.79 Å². The van der Waals surface area contributed by atoms with Gasteiger partial charge in [0.15, 0.2) is 0 Å². The lowest BCUT2D eigenvalue weighted by atomic mass is 9.97. The first-order chi connectivity index (χ1) is 8.76. The molecule has 3 heteroatoms. The topological polar surface area (TPSA) is 38.3 Å². The maximum Gasteiger partial charge on any atom is 0.307 e. The highest BCUT2D eigenvalue weighted by atomic mass is 16.5. The van der Waals surface area contributed by atoms with E-state index in [-0.39, 0.29) is 12.0 Å². The number of hydrogen-bond acceptors (Lipinski definition) is 3. The van der Waals surface area contributed by atoms with Crippen LogP contribution < -0.4 is 5.32 Å². The van der Waals surface area contributed by atoms with Crippen LogP contribution in [0.2, 0.25) is 0 Å². The zero-order valence-corrected chi connectivity index (χ0v) is 10.6. The molecule has 1 N–H and O–H groups in total. The smallest absolute Gasteiger partial charge is 0.307 e. The van der Waals surface area contributed by atoms with Crippen molar-refractivity contribution in [3.8, 4) is 0 Å². The summed E-state index contributed by atoms with van der Waals surface area (Å²) in [6, 6.07) is 14.3. The molecule has 0 spiro atoms. The van der Waals surface area contributed by atoms with Gasteiger partial charge in [-0.15, -0.1) is 0 Å². The summed E-state index contributed by atoms with van der Waals surface area (Å²) < 4.78 is 4.74. The Balaban J connectivity index is 2.41. The van der Waals surface area contributed by atoms with Gasteiger partial charge in [0.2, 0.25) is 0 Å². The number of hydrogen-bond donors (Lipinski definition) is 1. The number of rotatable bonds is 4. The summed E-state index contributed by atoms with van der Waals surface area (Å²) in [5.74, 6) is -0.206. The second-order valence-electron chi connectivity index (χ2n) is 4.19. The van der Waals surface area contributed by atoms with E-state index in [2.05, 4.69) is 23.5 Å². The number of fused-ring (bicyclic) bond motifs is 1. The summed E-state index contributed by atoms with van der Waals surface area (Å²) in [5, 5.41) is 5.53. The van der Waals surface area contributed by atoms with Crippen molar-refractivity contribution in [2.24, 2.45) is 0 Å². The van der Waals surface area contributed by atoms with Crippen LogP contribution in [0.5, 0.6) is 0 Å².